The zero-order valence-electron chi connectivity index (χ0n) is 7.47. The van der Waals surface area contributed by atoms with E-state index in [1.807, 2.05) is 0 Å². The Balaban J connectivity index is -0.00000000145. The fraction of sp³-hybridized carbons (Fsp3) is 0. The third kappa shape index (κ3) is 21300000. The molecular weight excluding hydrogens is 312 g/mol. The fourth-order valence-corrected chi connectivity index (χ4v) is 0. The Labute approximate surface area is 100 Å². The second-order valence-electron chi connectivity index (χ2n) is 0.448. The van der Waals surface area contributed by atoms with Crippen LogP contribution in [-0.4, -0.2) is 72.3 Å². The molecule has 0 aromatic heterocycles. The van der Waals surface area contributed by atoms with Crippen LogP contribution in [0.1, 0.15) is 0 Å². The molecule has 0 aliphatic heterocycles. The first-order valence-electron chi connectivity index (χ1n) is 0.698. The van der Waals surface area contributed by atoms with E-state index in [1.165, 1.54) is 0 Å². The van der Waals surface area contributed by atoms with Crippen molar-refractivity contribution in [1.29, 1.82) is 0 Å². The van der Waals surface area contributed by atoms with E-state index in [2.05, 4.69) is 0 Å². The van der Waals surface area contributed by atoms with Gasteiger partial charge in [0.15, 0.2) is 0 Å². The van der Waals surface area contributed by atoms with Crippen LogP contribution in [0.3, 0.4) is 0 Å². The molecule has 16 heteroatoms. The third-order valence-corrected chi connectivity index (χ3v) is 0. The summed E-state index contributed by atoms with van der Waals surface area (Å²) in [5.41, 5.74) is 0. The predicted molar refractivity (Wildman–Crippen MR) is 50.3 cm³/mol. The first kappa shape index (κ1) is 226. The van der Waals surface area contributed by atoms with Crippen molar-refractivity contribution < 1.29 is 89.4 Å². The van der Waals surface area contributed by atoms with Crippen LogP contribution in [0.2, 0.25) is 0 Å². The Morgan fingerprint density at radius 3 is 0.500 bits per heavy atom. The maximum absolute atomic E-state index is 8.74. The Kier molecular flexibility index (Phi) is 1150. The quantitative estimate of drug-likeness (QED) is 0.321. The molecule has 0 saturated carbocycles. The molecule has 14 nitrogen and oxygen atoms in total. The van der Waals surface area contributed by atoms with Gasteiger partial charge in [0.1, 0.15) is 0 Å². The molecule has 0 aromatic carbocycles. The molecule has 0 spiro atoms. The van der Waals surface area contributed by atoms with Crippen LogP contribution in [0, 0.1) is 0 Å². The van der Waals surface area contributed by atoms with E-state index in [0.717, 1.165) is 0 Å². The Hall–Kier alpha value is -0.0105. The van der Waals surface area contributed by atoms with Gasteiger partial charge in [-0.15, -0.1) is 0 Å². The molecule has 120 valence electrons. The van der Waals surface area contributed by atoms with Gasteiger partial charge in [0.2, 0.25) is 0 Å². The van der Waals surface area contributed by atoms with E-state index in [-0.39, 0.29) is 71.8 Å². The first-order chi connectivity index (χ1) is 2.00. The van der Waals surface area contributed by atoms with E-state index in [9.17, 15) is 0 Å². The Morgan fingerprint density at radius 1 is 0.500 bits per heavy atom. The largest absolute Gasteiger partial charge is 0.412 e. The summed E-state index contributed by atoms with van der Waals surface area (Å²) in [6, 6.07) is 0. The van der Waals surface area contributed by atoms with Crippen molar-refractivity contribution in [3.63, 3.8) is 0 Å². The number of rotatable bonds is 0. The van der Waals surface area contributed by atoms with Crippen LogP contribution in [0.25, 0.3) is 0 Å². The summed E-state index contributed by atoms with van der Waals surface area (Å²) in [6.07, 6.45) is 0. The van der Waals surface area contributed by atoms with E-state index >= 15 is 0 Å². The molecule has 0 heterocycles. The molecule has 16 heavy (non-hydrogen) atoms. The molecule has 0 fully saturated rings. The molecule has 0 amide bonds. The van der Waals surface area contributed by atoms with E-state index in [1.54, 1.807) is 0 Å². The van der Waals surface area contributed by atoms with Gasteiger partial charge in [0.05, 0.1) is 0 Å². The minimum atomic E-state index is -4.67. The van der Waals surface area contributed by atoms with Crippen LogP contribution in [0.4, 0.5) is 0 Å². The normalized spacial score (nSPS) is 3.62. The Morgan fingerprint density at radius 2 is 0.500 bits per heavy atom. The van der Waals surface area contributed by atoms with E-state index in [0.29, 0.717) is 0 Å². The van der Waals surface area contributed by atoms with Crippen molar-refractivity contribution in [2.24, 2.45) is 0 Å². The second kappa shape index (κ2) is 81.8. The van der Waals surface area contributed by atoms with Gasteiger partial charge in [-0.05, 0) is 0 Å². The predicted octanol–water partition coefficient (Wildman–Crippen LogP) is -8.90. The molecule has 0 aliphatic carbocycles. The second-order valence-corrected chi connectivity index (χ2v) is 1.34. The van der Waals surface area contributed by atoms with Crippen molar-refractivity contribution in [3.8, 4) is 0 Å². The zero-order valence-corrected chi connectivity index (χ0v) is 9.39. The van der Waals surface area contributed by atoms with Crippen molar-refractivity contribution >= 4 is 10.4 Å². The van der Waals surface area contributed by atoms with Crippen LogP contribution in [0.15, 0.2) is 0 Å². The van der Waals surface area contributed by atoms with Crippen LogP contribution >= 0.6 is 0 Å². The van der Waals surface area contributed by atoms with Crippen molar-refractivity contribution in [3.05, 3.63) is 0 Å². The zero-order chi connectivity index (χ0) is 4.50. The van der Waals surface area contributed by atoms with Gasteiger partial charge < -0.3 is 54.8 Å². The maximum atomic E-state index is 8.74. The fourth-order valence-electron chi connectivity index (χ4n) is 0. The first-order valence-corrected chi connectivity index (χ1v) is 2.10. The summed E-state index contributed by atoms with van der Waals surface area (Å²) >= 11 is 0. The van der Waals surface area contributed by atoms with Crippen molar-refractivity contribution in [1.82, 2.24) is 0 Å². The molecule has 0 bridgehead atoms. The minimum absolute atomic E-state index is 0. The van der Waals surface area contributed by atoms with Crippen molar-refractivity contribution in [2.75, 3.05) is 0 Å². The van der Waals surface area contributed by atoms with Crippen LogP contribution < -0.4 is 0 Å². The number of hydrogen-bond donors (Lipinski definition) is 2. The standard InChI is InChI=1S/Fe.H2O4S.10H2O/c;1-5(2,3)4;;;;;;;;;;/h;(H2,1,2,3,4);10*1H2. The maximum Gasteiger partial charge on any atom is 0.394 e. The molecule has 0 aliphatic rings. The molecular formula is H22FeO14S. The number of hydrogen-bond acceptors (Lipinski definition) is 2. The van der Waals surface area contributed by atoms with Crippen molar-refractivity contribution in [2.45, 2.75) is 0 Å². The summed E-state index contributed by atoms with van der Waals surface area (Å²) in [5, 5.41) is 0. The van der Waals surface area contributed by atoms with Gasteiger partial charge in [0.25, 0.3) is 0 Å². The van der Waals surface area contributed by atoms with Gasteiger partial charge >= 0.3 is 10.4 Å². The molecule has 0 radical (unpaired) electrons. The minimum Gasteiger partial charge on any atom is -0.412 e. The molecule has 0 atom stereocenters. The molecule has 0 aromatic rings. The molecule has 22 N–H and O–H groups in total. The van der Waals surface area contributed by atoms with Gasteiger partial charge in [-0.2, -0.15) is 8.42 Å². The molecule has 0 rings (SSSR count). The summed E-state index contributed by atoms with van der Waals surface area (Å²) in [7, 11) is -4.67. The summed E-state index contributed by atoms with van der Waals surface area (Å²) < 4.78 is 31.6. The average Bonchev–Trinajstić information content (AvgIpc) is 0.722. The monoisotopic (exact) mass is 334 g/mol. The summed E-state index contributed by atoms with van der Waals surface area (Å²) in [4.78, 5) is 0. The van der Waals surface area contributed by atoms with Gasteiger partial charge in [0, 0.05) is 17.1 Å². The van der Waals surface area contributed by atoms with Gasteiger partial charge in [-0.3, -0.25) is 9.11 Å². The SMILES string of the molecule is O.O.O.O.O.O.O.O.O.O.O=S(=O)(O)O.[Fe]. The molecule has 0 unspecified atom stereocenters. The summed E-state index contributed by atoms with van der Waals surface area (Å²) in [6.45, 7) is 0. The van der Waals surface area contributed by atoms with Gasteiger partial charge in [-0.25, -0.2) is 0 Å². The van der Waals surface area contributed by atoms with Gasteiger partial charge in [-0.1, -0.05) is 0 Å². The smallest absolute Gasteiger partial charge is 0.394 e. The Bertz CT molecular complexity index is 93.9. The average molecular weight is 334 g/mol. The summed E-state index contributed by atoms with van der Waals surface area (Å²) in [5.74, 6) is 0. The third-order valence-electron chi connectivity index (χ3n) is 0. The molecule has 0 saturated heterocycles. The van der Waals surface area contributed by atoms with E-state index in [4.69, 9.17) is 17.5 Å². The van der Waals surface area contributed by atoms with E-state index < -0.39 is 10.4 Å². The topological polar surface area (TPSA) is 390 Å². The van der Waals surface area contributed by atoms with Crippen LogP contribution in [-0.2, 0) is 27.5 Å². The van der Waals surface area contributed by atoms with Crippen LogP contribution in [0.5, 0.6) is 0 Å².